The Hall–Kier alpha value is -3.21. The first-order valence-corrected chi connectivity index (χ1v) is 13.6. The summed E-state index contributed by atoms with van der Waals surface area (Å²) < 4.78 is 7.07. The lowest BCUT2D eigenvalue weighted by Crippen LogP contribution is -2.49. The van der Waals surface area contributed by atoms with Crippen molar-refractivity contribution in [3.8, 4) is 11.4 Å². The van der Waals surface area contributed by atoms with E-state index in [1.807, 2.05) is 30.9 Å². The van der Waals surface area contributed by atoms with Crippen LogP contribution in [0.3, 0.4) is 0 Å². The molecule has 10 nitrogen and oxygen atoms in total. The Bertz CT molecular complexity index is 1340. The largest absolute Gasteiger partial charge is 0.353 e. The van der Waals surface area contributed by atoms with Crippen molar-refractivity contribution in [2.24, 2.45) is 0 Å². The summed E-state index contributed by atoms with van der Waals surface area (Å²) >= 11 is 1.59. The molecule has 1 fully saturated rings. The lowest BCUT2D eigenvalue weighted by Gasteiger charge is -2.36. The number of hydrogen-bond donors (Lipinski definition) is 0. The molecule has 0 saturated carbocycles. The summed E-state index contributed by atoms with van der Waals surface area (Å²) in [6, 6.07) is 3.80. The van der Waals surface area contributed by atoms with Gasteiger partial charge in [-0.3, -0.25) is 14.2 Å². The first kappa shape index (κ1) is 23.2. The molecule has 0 spiro atoms. The number of aryl methyl sites for hydroxylation is 1. The predicted octanol–water partition coefficient (Wildman–Crippen LogP) is 2.69. The number of carbonyl (C=O) groups excluding carboxylic acids is 1. The molecule has 3 aromatic rings. The number of pyridine rings is 1. The summed E-state index contributed by atoms with van der Waals surface area (Å²) in [7, 11) is 0. The molecule has 3 aromatic heterocycles. The van der Waals surface area contributed by atoms with Gasteiger partial charge in [0.15, 0.2) is 5.16 Å². The van der Waals surface area contributed by atoms with Crippen LogP contribution in [-0.4, -0.2) is 67.4 Å². The molecular weight excluding hydrogens is 478 g/mol. The fourth-order valence-corrected chi connectivity index (χ4v) is 6.26. The van der Waals surface area contributed by atoms with Gasteiger partial charge in [-0.15, -0.1) is 0 Å². The maximum absolute atomic E-state index is 13.1. The maximum Gasteiger partial charge on any atom is 0.257 e. The zero-order valence-corrected chi connectivity index (χ0v) is 21.3. The van der Waals surface area contributed by atoms with E-state index in [1.54, 1.807) is 22.5 Å². The second-order valence-electron chi connectivity index (χ2n) is 9.90. The van der Waals surface area contributed by atoms with Crippen LogP contribution in [-0.2, 0) is 17.6 Å². The topological polar surface area (TPSA) is 110 Å². The van der Waals surface area contributed by atoms with E-state index >= 15 is 0 Å². The molecule has 36 heavy (non-hydrogen) atoms. The minimum Gasteiger partial charge on any atom is -0.353 e. The van der Waals surface area contributed by atoms with E-state index in [2.05, 4.69) is 20.0 Å². The minimum atomic E-state index is -0.114. The second-order valence-corrected chi connectivity index (χ2v) is 10.9. The average molecular weight is 508 g/mol. The summed E-state index contributed by atoms with van der Waals surface area (Å²) in [5, 5.41) is 4.82. The summed E-state index contributed by atoms with van der Waals surface area (Å²) in [6.45, 7) is 6.71. The fourth-order valence-electron chi connectivity index (χ4n) is 5.11. The maximum atomic E-state index is 13.1. The Morgan fingerprint density at radius 1 is 1.17 bits per heavy atom. The third-order valence-electron chi connectivity index (χ3n) is 7.18. The molecule has 6 rings (SSSR count). The third kappa shape index (κ3) is 4.19. The van der Waals surface area contributed by atoms with Gasteiger partial charge in [0.05, 0.1) is 11.7 Å². The van der Waals surface area contributed by atoms with Gasteiger partial charge >= 0.3 is 0 Å². The summed E-state index contributed by atoms with van der Waals surface area (Å²) in [5.74, 6) is 3.02. The molecule has 5 heterocycles. The van der Waals surface area contributed by atoms with E-state index < -0.39 is 0 Å². The molecule has 11 heteroatoms. The van der Waals surface area contributed by atoms with E-state index in [0.717, 1.165) is 52.8 Å². The number of rotatable bonds is 5. The highest BCUT2D eigenvalue weighted by Gasteiger charge is 2.33. The molecule has 1 atom stereocenters. The van der Waals surface area contributed by atoms with Crippen LogP contribution in [0.4, 0.5) is 5.82 Å². The Morgan fingerprint density at radius 3 is 2.72 bits per heavy atom. The van der Waals surface area contributed by atoms with Crippen LogP contribution < -0.4 is 10.5 Å². The number of fused-ring (bicyclic) bond motifs is 2. The highest BCUT2D eigenvalue weighted by atomic mass is 32.2. The van der Waals surface area contributed by atoms with Gasteiger partial charge in [0.2, 0.25) is 17.6 Å². The first-order chi connectivity index (χ1) is 17.5. The molecule has 0 aromatic carbocycles. The van der Waals surface area contributed by atoms with Gasteiger partial charge in [0, 0.05) is 61.6 Å². The molecule has 0 bridgehead atoms. The zero-order chi connectivity index (χ0) is 24.8. The van der Waals surface area contributed by atoms with E-state index in [-0.39, 0.29) is 23.4 Å². The van der Waals surface area contributed by atoms with Gasteiger partial charge in [-0.2, -0.15) is 4.98 Å². The Labute approximate surface area is 213 Å². The van der Waals surface area contributed by atoms with Gasteiger partial charge in [-0.1, -0.05) is 30.8 Å². The van der Waals surface area contributed by atoms with Gasteiger partial charge in [-0.05, 0) is 31.4 Å². The summed E-state index contributed by atoms with van der Waals surface area (Å²) in [6.07, 6.45) is 4.79. The molecule has 1 amide bonds. The van der Waals surface area contributed by atoms with Crippen LogP contribution in [0.2, 0.25) is 0 Å². The quantitative estimate of drug-likeness (QED) is 0.481. The smallest absolute Gasteiger partial charge is 0.257 e. The molecule has 1 saturated heterocycles. The summed E-state index contributed by atoms with van der Waals surface area (Å²) in [5.41, 5.74) is 2.69. The van der Waals surface area contributed by atoms with Crippen molar-refractivity contribution in [2.45, 2.75) is 56.6 Å². The van der Waals surface area contributed by atoms with Crippen molar-refractivity contribution in [3.05, 3.63) is 45.8 Å². The molecule has 3 aliphatic rings. The molecule has 1 aliphatic carbocycles. The lowest BCUT2D eigenvalue weighted by atomic mass is 10.1. The Morgan fingerprint density at radius 2 is 2.00 bits per heavy atom. The zero-order valence-electron chi connectivity index (χ0n) is 20.5. The number of amides is 1. The lowest BCUT2D eigenvalue weighted by molar-refractivity contribution is -0.132. The molecule has 2 aliphatic heterocycles. The summed E-state index contributed by atoms with van der Waals surface area (Å²) in [4.78, 5) is 44.0. The van der Waals surface area contributed by atoms with Gasteiger partial charge in [-0.25, -0.2) is 9.97 Å². The Kier molecular flexibility index (Phi) is 6.02. The van der Waals surface area contributed by atoms with E-state index in [0.29, 0.717) is 44.3 Å². The van der Waals surface area contributed by atoms with Crippen LogP contribution in [0.5, 0.6) is 0 Å². The normalized spacial score (nSPS) is 19.1. The van der Waals surface area contributed by atoms with Gasteiger partial charge in [0.25, 0.3) is 5.56 Å². The molecular formula is C25H29N7O3S. The SMILES string of the molecule is CC(C)c1nc(-c2ccc(N3CCN(C(=O)CC4CSc5nc6c(c(=O)n54)CCC6)CC3)nc2)no1. The molecule has 1 unspecified atom stereocenters. The Balaban J connectivity index is 1.07. The average Bonchev–Trinajstić information content (AvgIpc) is 3.65. The van der Waals surface area contributed by atoms with Crippen LogP contribution in [0.1, 0.15) is 55.8 Å². The number of carbonyl (C=O) groups is 1. The van der Waals surface area contributed by atoms with Crippen molar-refractivity contribution in [1.29, 1.82) is 0 Å². The van der Waals surface area contributed by atoms with E-state index in [4.69, 9.17) is 9.51 Å². The van der Waals surface area contributed by atoms with Crippen LogP contribution in [0.25, 0.3) is 11.4 Å². The molecule has 0 radical (unpaired) electrons. The minimum absolute atomic E-state index is 0.0656. The fraction of sp³-hybridized carbons (Fsp3) is 0.520. The number of hydrogen-bond acceptors (Lipinski definition) is 9. The third-order valence-corrected chi connectivity index (χ3v) is 8.28. The van der Waals surface area contributed by atoms with E-state index in [1.165, 1.54) is 0 Å². The van der Waals surface area contributed by atoms with Crippen molar-refractivity contribution in [3.63, 3.8) is 0 Å². The highest BCUT2D eigenvalue weighted by molar-refractivity contribution is 7.99. The highest BCUT2D eigenvalue weighted by Crippen LogP contribution is 2.34. The predicted molar refractivity (Wildman–Crippen MR) is 135 cm³/mol. The van der Waals surface area contributed by atoms with E-state index in [9.17, 15) is 9.59 Å². The number of aromatic nitrogens is 5. The van der Waals surface area contributed by atoms with Crippen molar-refractivity contribution >= 4 is 23.5 Å². The van der Waals surface area contributed by atoms with Crippen molar-refractivity contribution in [1.82, 2.24) is 29.6 Å². The number of anilines is 1. The number of nitrogens with zero attached hydrogens (tertiary/aromatic N) is 7. The standard InChI is InChI=1S/C25H29N7O3S/c1-15(2)23-28-22(29-35-23)16-6-7-20(26-13-16)30-8-10-31(11-9-30)21(33)12-17-14-36-25-27-19-5-3-4-18(19)24(34)32(17)25/h6-7,13,15,17H,3-5,8-12,14H2,1-2H3. The van der Waals surface area contributed by atoms with Gasteiger partial charge in [0.1, 0.15) is 5.82 Å². The molecule has 188 valence electrons. The van der Waals surface area contributed by atoms with Crippen LogP contribution in [0.15, 0.2) is 32.8 Å². The van der Waals surface area contributed by atoms with Gasteiger partial charge < -0.3 is 14.3 Å². The van der Waals surface area contributed by atoms with Crippen LogP contribution in [0, 0.1) is 0 Å². The molecule has 0 N–H and O–H groups in total. The van der Waals surface area contributed by atoms with Crippen molar-refractivity contribution in [2.75, 3.05) is 36.8 Å². The second kappa shape index (κ2) is 9.34. The monoisotopic (exact) mass is 507 g/mol. The van der Waals surface area contributed by atoms with Crippen molar-refractivity contribution < 1.29 is 9.32 Å². The number of thioether (sulfide) groups is 1. The first-order valence-electron chi connectivity index (χ1n) is 12.6. The van der Waals surface area contributed by atoms with Crippen LogP contribution >= 0.6 is 11.8 Å². The number of piperazine rings is 1.